The number of aryl methyl sites for hydroxylation is 3. The number of carbonyl (C=O) groups excluding carboxylic acids is 1. The van der Waals surface area contributed by atoms with Gasteiger partial charge in [0.25, 0.3) is 5.91 Å². The summed E-state index contributed by atoms with van der Waals surface area (Å²) < 4.78 is 0. The number of hydrogen-bond acceptors (Lipinski definition) is 4. The molecule has 5 heteroatoms. The molecule has 1 aliphatic rings. The standard InChI is InChI=1S/C16H19N3OS/c1-9-6-7-17-13(8-9)15(12-4-5-12)19-16(20)14-10(2)21-11(3)18-14/h6-8,12,15H,4-5H2,1-3H3,(H,19,20)/t15-/m1/s1. The minimum Gasteiger partial charge on any atom is -0.342 e. The monoisotopic (exact) mass is 301 g/mol. The van der Waals surface area contributed by atoms with Crippen LogP contribution in [0.4, 0.5) is 0 Å². The molecule has 0 unspecified atom stereocenters. The summed E-state index contributed by atoms with van der Waals surface area (Å²) in [6, 6.07) is 4.03. The molecule has 0 saturated heterocycles. The molecule has 1 atom stereocenters. The number of nitrogens with one attached hydrogen (secondary N) is 1. The molecule has 0 bridgehead atoms. The van der Waals surface area contributed by atoms with Crippen molar-refractivity contribution in [3.8, 4) is 0 Å². The van der Waals surface area contributed by atoms with Crippen molar-refractivity contribution in [2.45, 2.75) is 39.7 Å². The van der Waals surface area contributed by atoms with Gasteiger partial charge in [0.05, 0.1) is 16.7 Å². The summed E-state index contributed by atoms with van der Waals surface area (Å²) in [4.78, 5) is 22.2. The molecule has 2 heterocycles. The fourth-order valence-electron chi connectivity index (χ4n) is 2.54. The van der Waals surface area contributed by atoms with Gasteiger partial charge in [-0.15, -0.1) is 11.3 Å². The Balaban J connectivity index is 1.83. The number of carbonyl (C=O) groups is 1. The van der Waals surface area contributed by atoms with Crippen molar-refractivity contribution < 1.29 is 4.79 Å². The van der Waals surface area contributed by atoms with Crippen LogP contribution in [-0.4, -0.2) is 15.9 Å². The molecule has 2 aromatic heterocycles. The fourth-order valence-corrected chi connectivity index (χ4v) is 3.36. The molecule has 0 radical (unpaired) electrons. The second-order valence-corrected chi connectivity index (χ2v) is 7.09. The zero-order chi connectivity index (χ0) is 15.0. The number of hydrogen-bond donors (Lipinski definition) is 1. The summed E-state index contributed by atoms with van der Waals surface area (Å²) in [5.74, 6) is 0.417. The SMILES string of the molecule is Cc1ccnc([C@H](NC(=O)c2nc(C)sc2C)C2CC2)c1. The largest absolute Gasteiger partial charge is 0.342 e. The third kappa shape index (κ3) is 3.13. The molecule has 0 spiro atoms. The van der Waals surface area contributed by atoms with Gasteiger partial charge < -0.3 is 5.32 Å². The van der Waals surface area contributed by atoms with Crippen LogP contribution in [0.25, 0.3) is 0 Å². The van der Waals surface area contributed by atoms with Crippen LogP contribution in [0.2, 0.25) is 0 Å². The van der Waals surface area contributed by atoms with Crippen molar-refractivity contribution in [3.63, 3.8) is 0 Å². The Bertz CT molecular complexity index is 676. The van der Waals surface area contributed by atoms with Crippen LogP contribution in [0.3, 0.4) is 0 Å². The zero-order valence-corrected chi connectivity index (χ0v) is 13.3. The zero-order valence-electron chi connectivity index (χ0n) is 12.5. The average Bonchev–Trinajstić information content (AvgIpc) is 3.21. The number of pyridine rings is 1. The van der Waals surface area contributed by atoms with Gasteiger partial charge in [-0.3, -0.25) is 9.78 Å². The van der Waals surface area contributed by atoms with E-state index < -0.39 is 0 Å². The van der Waals surface area contributed by atoms with Gasteiger partial charge >= 0.3 is 0 Å². The Morgan fingerprint density at radius 3 is 2.71 bits per heavy atom. The molecule has 110 valence electrons. The van der Waals surface area contributed by atoms with Crippen LogP contribution in [0.15, 0.2) is 18.3 Å². The van der Waals surface area contributed by atoms with E-state index in [2.05, 4.69) is 21.4 Å². The molecule has 21 heavy (non-hydrogen) atoms. The maximum absolute atomic E-state index is 12.5. The van der Waals surface area contributed by atoms with E-state index in [0.29, 0.717) is 11.6 Å². The highest BCUT2D eigenvalue weighted by molar-refractivity contribution is 7.11. The lowest BCUT2D eigenvalue weighted by molar-refractivity contribution is 0.0925. The topological polar surface area (TPSA) is 54.9 Å². The summed E-state index contributed by atoms with van der Waals surface area (Å²) in [6.07, 6.45) is 4.11. The van der Waals surface area contributed by atoms with Gasteiger partial charge in [-0.05, 0) is 57.2 Å². The summed E-state index contributed by atoms with van der Waals surface area (Å²) in [7, 11) is 0. The van der Waals surface area contributed by atoms with Crippen molar-refractivity contribution >= 4 is 17.2 Å². The number of aromatic nitrogens is 2. The molecule has 1 amide bonds. The summed E-state index contributed by atoms with van der Waals surface area (Å²) in [5.41, 5.74) is 2.67. The van der Waals surface area contributed by atoms with Crippen LogP contribution in [-0.2, 0) is 0 Å². The first-order valence-electron chi connectivity index (χ1n) is 7.22. The van der Waals surface area contributed by atoms with Crippen molar-refractivity contribution in [3.05, 3.63) is 45.2 Å². The van der Waals surface area contributed by atoms with E-state index >= 15 is 0 Å². The van der Waals surface area contributed by atoms with Crippen LogP contribution in [0.1, 0.15) is 50.5 Å². The Morgan fingerprint density at radius 2 is 2.14 bits per heavy atom. The van der Waals surface area contributed by atoms with Crippen molar-refractivity contribution in [1.29, 1.82) is 0 Å². The minimum atomic E-state index is -0.0861. The molecular weight excluding hydrogens is 282 g/mol. The third-order valence-electron chi connectivity index (χ3n) is 3.75. The number of amides is 1. The third-order valence-corrected chi connectivity index (χ3v) is 4.64. The Hall–Kier alpha value is -1.75. The van der Waals surface area contributed by atoms with Gasteiger partial charge in [0.15, 0.2) is 0 Å². The van der Waals surface area contributed by atoms with Crippen molar-refractivity contribution in [2.75, 3.05) is 0 Å². The van der Waals surface area contributed by atoms with Crippen LogP contribution in [0.5, 0.6) is 0 Å². The maximum atomic E-state index is 12.5. The predicted octanol–water partition coefficient (Wildman–Crippen LogP) is 3.34. The van der Waals surface area contributed by atoms with Gasteiger partial charge in [-0.2, -0.15) is 0 Å². The van der Waals surface area contributed by atoms with E-state index in [4.69, 9.17) is 0 Å². The predicted molar refractivity (Wildman–Crippen MR) is 83.5 cm³/mol. The molecule has 0 aliphatic heterocycles. The van der Waals surface area contributed by atoms with Gasteiger partial charge in [0.2, 0.25) is 0 Å². The smallest absolute Gasteiger partial charge is 0.271 e. The van der Waals surface area contributed by atoms with Gasteiger partial charge in [-0.25, -0.2) is 4.98 Å². The molecule has 1 aliphatic carbocycles. The molecule has 2 aromatic rings. The van der Waals surface area contributed by atoms with Gasteiger partial charge in [0.1, 0.15) is 5.69 Å². The summed E-state index contributed by atoms with van der Waals surface area (Å²) in [6.45, 7) is 5.91. The maximum Gasteiger partial charge on any atom is 0.271 e. The second-order valence-electron chi connectivity index (χ2n) is 5.68. The van der Waals surface area contributed by atoms with Crippen LogP contribution < -0.4 is 5.32 Å². The summed E-state index contributed by atoms with van der Waals surface area (Å²) >= 11 is 1.56. The van der Waals surface area contributed by atoms with Crippen molar-refractivity contribution in [2.24, 2.45) is 5.92 Å². The number of nitrogens with zero attached hydrogens (tertiary/aromatic N) is 2. The molecule has 0 aromatic carbocycles. The van der Waals surface area contributed by atoms with E-state index in [1.54, 1.807) is 11.3 Å². The van der Waals surface area contributed by atoms with Crippen molar-refractivity contribution in [1.82, 2.24) is 15.3 Å². The van der Waals surface area contributed by atoms with Gasteiger partial charge in [-0.1, -0.05) is 0 Å². The van der Waals surface area contributed by atoms with E-state index in [1.807, 2.05) is 33.0 Å². The first-order chi connectivity index (χ1) is 10.0. The summed E-state index contributed by atoms with van der Waals surface area (Å²) in [5, 5.41) is 4.06. The molecule has 1 N–H and O–H groups in total. The lowest BCUT2D eigenvalue weighted by Gasteiger charge is -2.17. The normalized spacial score (nSPS) is 15.8. The fraction of sp³-hybridized carbons (Fsp3) is 0.438. The lowest BCUT2D eigenvalue weighted by atomic mass is 10.1. The van der Waals surface area contributed by atoms with E-state index in [-0.39, 0.29) is 11.9 Å². The molecule has 4 nitrogen and oxygen atoms in total. The Labute approximate surface area is 128 Å². The molecule has 1 fully saturated rings. The highest BCUT2D eigenvalue weighted by atomic mass is 32.1. The highest BCUT2D eigenvalue weighted by Gasteiger charge is 2.35. The second kappa shape index (κ2) is 5.56. The first kappa shape index (κ1) is 14.2. The van der Waals surface area contributed by atoms with E-state index in [9.17, 15) is 4.79 Å². The lowest BCUT2D eigenvalue weighted by Crippen LogP contribution is -2.31. The van der Waals surface area contributed by atoms with E-state index in [0.717, 1.165) is 28.4 Å². The highest BCUT2D eigenvalue weighted by Crippen LogP contribution is 2.40. The molecule has 1 saturated carbocycles. The minimum absolute atomic E-state index is 0.00111. The number of rotatable bonds is 4. The first-order valence-corrected chi connectivity index (χ1v) is 8.03. The number of thiazole rings is 1. The Kier molecular flexibility index (Phi) is 3.76. The van der Waals surface area contributed by atoms with Gasteiger partial charge in [0, 0.05) is 11.1 Å². The van der Waals surface area contributed by atoms with E-state index in [1.165, 1.54) is 5.56 Å². The molecule has 3 rings (SSSR count). The van der Waals surface area contributed by atoms with Crippen LogP contribution in [0, 0.1) is 26.7 Å². The molecular formula is C16H19N3OS. The average molecular weight is 301 g/mol. The Morgan fingerprint density at radius 1 is 1.38 bits per heavy atom. The quantitative estimate of drug-likeness (QED) is 0.942. The van der Waals surface area contributed by atoms with Crippen LogP contribution >= 0.6 is 11.3 Å².